The summed E-state index contributed by atoms with van der Waals surface area (Å²) in [4.78, 5) is 15.7. The molecule has 0 saturated carbocycles. The number of rotatable bonds is 5. The molecule has 25 heavy (non-hydrogen) atoms. The molecule has 0 bridgehead atoms. The average molecular weight is 337 g/mol. The number of nitrogens with one attached hydrogen (secondary N) is 2. The van der Waals surface area contributed by atoms with Gasteiger partial charge in [0.05, 0.1) is 31.4 Å². The van der Waals surface area contributed by atoms with Crippen LogP contribution in [0, 0.1) is 0 Å². The highest BCUT2D eigenvalue weighted by atomic mass is 16.5. The number of ether oxygens (including phenoxy) is 2. The van der Waals surface area contributed by atoms with Gasteiger partial charge in [0, 0.05) is 24.6 Å². The van der Waals surface area contributed by atoms with E-state index in [4.69, 9.17) is 9.47 Å². The third-order valence-corrected chi connectivity index (χ3v) is 4.02. The maximum absolute atomic E-state index is 6.00. The van der Waals surface area contributed by atoms with Crippen LogP contribution in [0.25, 0.3) is 11.3 Å². The third-order valence-electron chi connectivity index (χ3n) is 4.02. The van der Waals surface area contributed by atoms with Crippen molar-refractivity contribution in [3.05, 3.63) is 49.1 Å². The van der Waals surface area contributed by atoms with Crippen LogP contribution in [0.15, 0.2) is 49.1 Å². The first kappa shape index (κ1) is 15.6. The number of anilines is 2. The SMILES string of the molecule is c1cc(-c2ccc(OC3CCOCC3)cc2)nc(Nc2cnc[nH]2)n1. The quantitative estimate of drug-likeness (QED) is 0.744. The number of nitrogens with zero attached hydrogens (tertiary/aromatic N) is 3. The van der Waals surface area contributed by atoms with Crippen LogP contribution < -0.4 is 10.1 Å². The highest BCUT2D eigenvalue weighted by molar-refractivity contribution is 5.61. The van der Waals surface area contributed by atoms with Crippen LogP contribution in [-0.4, -0.2) is 39.3 Å². The first-order valence-electron chi connectivity index (χ1n) is 8.30. The molecule has 0 aliphatic carbocycles. The Hall–Kier alpha value is -2.93. The molecule has 1 aromatic carbocycles. The van der Waals surface area contributed by atoms with Crippen molar-refractivity contribution in [2.75, 3.05) is 18.5 Å². The molecule has 7 nitrogen and oxygen atoms in total. The Morgan fingerprint density at radius 2 is 1.96 bits per heavy atom. The molecule has 1 saturated heterocycles. The fourth-order valence-corrected chi connectivity index (χ4v) is 2.71. The Morgan fingerprint density at radius 1 is 1.12 bits per heavy atom. The summed E-state index contributed by atoms with van der Waals surface area (Å²) in [7, 11) is 0. The second kappa shape index (κ2) is 7.31. The van der Waals surface area contributed by atoms with Crippen molar-refractivity contribution in [1.29, 1.82) is 0 Å². The van der Waals surface area contributed by atoms with Gasteiger partial charge in [-0.15, -0.1) is 0 Å². The van der Waals surface area contributed by atoms with E-state index >= 15 is 0 Å². The van der Waals surface area contributed by atoms with Gasteiger partial charge in [0.15, 0.2) is 0 Å². The second-order valence-electron chi connectivity index (χ2n) is 5.81. The molecule has 0 atom stereocenters. The number of imidazole rings is 1. The van der Waals surface area contributed by atoms with Crippen molar-refractivity contribution in [3.63, 3.8) is 0 Å². The minimum atomic E-state index is 0.240. The first-order valence-corrected chi connectivity index (χ1v) is 8.30. The number of hydrogen-bond acceptors (Lipinski definition) is 6. The molecular weight excluding hydrogens is 318 g/mol. The van der Waals surface area contributed by atoms with Gasteiger partial charge in [0.1, 0.15) is 17.7 Å². The molecule has 1 aliphatic heterocycles. The minimum absolute atomic E-state index is 0.240. The van der Waals surface area contributed by atoms with E-state index in [9.17, 15) is 0 Å². The first-order chi connectivity index (χ1) is 12.4. The lowest BCUT2D eigenvalue weighted by Gasteiger charge is -2.23. The van der Waals surface area contributed by atoms with E-state index in [2.05, 4.69) is 25.3 Å². The lowest BCUT2D eigenvalue weighted by molar-refractivity contribution is 0.0256. The lowest BCUT2D eigenvalue weighted by Crippen LogP contribution is -2.25. The predicted octanol–water partition coefficient (Wildman–Crippen LogP) is 3.17. The molecule has 128 valence electrons. The van der Waals surface area contributed by atoms with Gasteiger partial charge in [-0.25, -0.2) is 15.0 Å². The van der Waals surface area contributed by atoms with Crippen molar-refractivity contribution in [1.82, 2.24) is 19.9 Å². The Bertz CT molecular complexity index is 799. The maximum Gasteiger partial charge on any atom is 0.228 e. The smallest absolute Gasteiger partial charge is 0.228 e. The molecule has 1 fully saturated rings. The van der Waals surface area contributed by atoms with E-state index in [-0.39, 0.29) is 6.10 Å². The molecule has 7 heteroatoms. The van der Waals surface area contributed by atoms with E-state index in [1.54, 1.807) is 18.7 Å². The van der Waals surface area contributed by atoms with Gasteiger partial charge in [-0.1, -0.05) is 0 Å². The number of benzene rings is 1. The number of H-pyrrole nitrogens is 1. The van der Waals surface area contributed by atoms with Crippen LogP contribution in [0.1, 0.15) is 12.8 Å². The summed E-state index contributed by atoms with van der Waals surface area (Å²) < 4.78 is 11.4. The van der Waals surface area contributed by atoms with Crippen LogP contribution in [0.3, 0.4) is 0 Å². The molecule has 0 radical (unpaired) electrons. The Morgan fingerprint density at radius 3 is 2.72 bits per heavy atom. The van der Waals surface area contributed by atoms with Crippen molar-refractivity contribution < 1.29 is 9.47 Å². The predicted molar refractivity (Wildman–Crippen MR) is 93.8 cm³/mol. The summed E-state index contributed by atoms with van der Waals surface area (Å²) in [5.74, 6) is 2.14. The zero-order valence-electron chi connectivity index (χ0n) is 13.7. The summed E-state index contributed by atoms with van der Waals surface area (Å²) in [6.45, 7) is 1.55. The molecule has 4 rings (SSSR count). The number of hydrogen-bond donors (Lipinski definition) is 2. The summed E-state index contributed by atoms with van der Waals surface area (Å²) in [5, 5.41) is 3.08. The number of aromatic amines is 1. The molecule has 2 N–H and O–H groups in total. The Labute approximate surface area is 145 Å². The van der Waals surface area contributed by atoms with Crippen molar-refractivity contribution in [3.8, 4) is 17.0 Å². The lowest BCUT2D eigenvalue weighted by atomic mass is 10.1. The van der Waals surface area contributed by atoms with Gasteiger partial charge in [-0.05, 0) is 30.3 Å². The van der Waals surface area contributed by atoms with Crippen LogP contribution in [0.4, 0.5) is 11.8 Å². The molecule has 0 amide bonds. The monoisotopic (exact) mass is 337 g/mol. The van der Waals surface area contributed by atoms with Crippen LogP contribution >= 0.6 is 0 Å². The van der Waals surface area contributed by atoms with Gasteiger partial charge in [0.25, 0.3) is 0 Å². The maximum atomic E-state index is 6.00. The normalized spacial score (nSPS) is 15.0. The molecule has 2 aromatic heterocycles. The number of aromatic nitrogens is 4. The van der Waals surface area contributed by atoms with Gasteiger partial charge in [-0.3, -0.25) is 0 Å². The van der Waals surface area contributed by atoms with E-state index < -0.39 is 0 Å². The zero-order chi connectivity index (χ0) is 16.9. The summed E-state index contributed by atoms with van der Waals surface area (Å²) >= 11 is 0. The highest BCUT2D eigenvalue weighted by Crippen LogP contribution is 2.24. The Balaban J connectivity index is 1.46. The van der Waals surface area contributed by atoms with Crippen LogP contribution in [0.5, 0.6) is 5.75 Å². The van der Waals surface area contributed by atoms with Crippen molar-refractivity contribution in [2.24, 2.45) is 0 Å². The van der Waals surface area contributed by atoms with E-state index in [0.717, 1.165) is 48.9 Å². The standard InChI is InChI=1S/C18H19N5O2/c1-3-14(25-15-6-9-24-10-7-15)4-2-13(1)16-5-8-20-18(22-16)23-17-11-19-12-21-17/h1-5,8,11-12,15H,6-7,9-10H2,(H,19,21)(H,20,22,23). The largest absolute Gasteiger partial charge is 0.490 e. The topological polar surface area (TPSA) is 85.0 Å². The van der Waals surface area contributed by atoms with E-state index in [1.807, 2.05) is 30.3 Å². The molecule has 0 spiro atoms. The fraction of sp³-hybridized carbons (Fsp3) is 0.278. The molecule has 0 unspecified atom stereocenters. The van der Waals surface area contributed by atoms with Gasteiger partial charge in [-0.2, -0.15) is 0 Å². The van der Waals surface area contributed by atoms with Crippen LogP contribution in [0.2, 0.25) is 0 Å². The summed E-state index contributed by atoms with van der Waals surface area (Å²) in [5.41, 5.74) is 1.85. The van der Waals surface area contributed by atoms with E-state index in [1.165, 1.54) is 0 Å². The Kier molecular flexibility index (Phi) is 4.56. The van der Waals surface area contributed by atoms with Gasteiger partial charge in [0.2, 0.25) is 5.95 Å². The minimum Gasteiger partial charge on any atom is -0.490 e. The van der Waals surface area contributed by atoms with Crippen LogP contribution in [-0.2, 0) is 4.74 Å². The molecule has 1 aliphatic rings. The molecule has 3 heterocycles. The third kappa shape index (κ3) is 3.95. The summed E-state index contributed by atoms with van der Waals surface area (Å²) in [6.07, 6.45) is 7.13. The highest BCUT2D eigenvalue weighted by Gasteiger charge is 2.15. The molecular formula is C18H19N5O2. The van der Waals surface area contributed by atoms with E-state index in [0.29, 0.717) is 5.95 Å². The van der Waals surface area contributed by atoms with Crippen molar-refractivity contribution >= 4 is 11.8 Å². The molecule has 3 aromatic rings. The fourth-order valence-electron chi connectivity index (χ4n) is 2.71. The van der Waals surface area contributed by atoms with Crippen molar-refractivity contribution in [2.45, 2.75) is 18.9 Å². The van der Waals surface area contributed by atoms with Gasteiger partial charge < -0.3 is 19.8 Å². The van der Waals surface area contributed by atoms with Gasteiger partial charge >= 0.3 is 0 Å². The zero-order valence-corrected chi connectivity index (χ0v) is 13.7. The summed E-state index contributed by atoms with van der Waals surface area (Å²) in [6, 6.07) is 9.87. The second-order valence-corrected chi connectivity index (χ2v) is 5.81. The average Bonchev–Trinajstić information content (AvgIpc) is 3.16.